The zero-order valence-corrected chi connectivity index (χ0v) is 16.3. The first kappa shape index (κ1) is 20.0. The third-order valence-electron chi connectivity index (χ3n) is 5.41. The molecule has 2 heterocycles. The van der Waals surface area contributed by atoms with E-state index in [1.807, 2.05) is 0 Å². The van der Waals surface area contributed by atoms with Crippen molar-refractivity contribution in [3.63, 3.8) is 0 Å². The van der Waals surface area contributed by atoms with E-state index in [0.717, 1.165) is 18.4 Å². The lowest BCUT2D eigenvalue weighted by Gasteiger charge is -2.31. The van der Waals surface area contributed by atoms with Gasteiger partial charge in [-0.2, -0.15) is 0 Å². The number of rotatable bonds is 5. The van der Waals surface area contributed by atoms with Crippen molar-refractivity contribution < 1.29 is 23.9 Å². The van der Waals surface area contributed by atoms with E-state index in [2.05, 4.69) is 6.92 Å². The zero-order chi connectivity index (χ0) is 20.3. The van der Waals surface area contributed by atoms with Crippen LogP contribution in [0.5, 0.6) is 0 Å². The summed E-state index contributed by atoms with van der Waals surface area (Å²) in [5.74, 6) is -0.457. The van der Waals surface area contributed by atoms with Gasteiger partial charge in [0.05, 0.1) is 12.1 Å². The number of piperidine rings is 1. The number of nitrogens with zero attached hydrogens (tertiary/aromatic N) is 2. The molecule has 2 aliphatic heterocycles. The number of imide groups is 1. The summed E-state index contributed by atoms with van der Waals surface area (Å²) in [4.78, 5) is 51.2. The Morgan fingerprint density at radius 3 is 2.21 bits per heavy atom. The smallest absolute Gasteiger partial charge is 0.338 e. The van der Waals surface area contributed by atoms with Gasteiger partial charge in [0, 0.05) is 25.9 Å². The van der Waals surface area contributed by atoms with E-state index in [1.54, 1.807) is 36.1 Å². The Balaban J connectivity index is 1.54. The summed E-state index contributed by atoms with van der Waals surface area (Å²) in [5, 5.41) is 0. The average Bonchev–Trinajstić information content (AvgIpc) is 3.00. The number of carbonyl (C=O) groups excluding carboxylic acids is 4. The summed E-state index contributed by atoms with van der Waals surface area (Å²) in [7, 11) is 0. The molecule has 0 N–H and O–H groups in total. The van der Waals surface area contributed by atoms with Gasteiger partial charge in [0.1, 0.15) is 0 Å². The van der Waals surface area contributed by atoms with Gasteiger partial charge < -0.3 is 9.64 Å². The first-order valence-electron chi connectivity index (χ1n) is 9.77. The third kappa shape index (κ3) is 4.58. The van der Waals surface area contributed by atoms with Crippen molar-refractivity contribution >= 4 is 23.7 Å². The van der Waals surface area contributed by atoms with Crippen LogP contribution in [-0.2, 0) is 25.7 Å². The van der Waals surface area contributed by atoms with Gasteiger partial charge in [-0.1, -0.05) is 19.1 Å². The van der Waals surface area contributed by atoms with Gasteiger partial charge in [0.15, 0.2) is 6.10 Å². The molecule has 2 saturated heterocycles. The SMILES string of the molecule is CC1CCN(C(=O)[C@@H](C)OC(=O)c2ccc(CN3C(=O)CCC3=O)cc2)CC1. The lowest BCUT2D eigenvalue weighted by atomic mass is 9.99. The van der Waals surface area contributed by atoms with Crippen molar-refractivity contribution in [2.75, 3.05) is 13.1 Å². The van der Waals surface area contributed by atoms with Crippen LogP contribution < -0.4 is 0 Å². The van der Waals surface area contributed by atoms with Gasteiger partial charge in [-0.25, -0.2) is 4.79 Å². The van der Waals surface area contributed by atoms with Crippen molar-refractivity contribution in [1.29, 1.82) is 0 Å². The zero-order valence-electron chi connectivity index (χ0n) is 16.3. The lowest BCUT2D eigenvalue weighted by molar-refractivity contribution is -0.141. The number of likely N-dealkylation sites (tertiary alicyclic amines) is 2. The molecule has 1 atom stereocenters. The van der Waals surface area contributed by atoms with E-state index in [9.17, 15) is 19.2 Å². The number of carbonyl (C=O) groups is 4. The molecule has 2 fully saturated rings. The molecule has 7 heteroatoms. The van der Waals surface area contributed by atoms with Gasteiger partial charge in [-0.15, -0.1) is 0 Å². The highest BCUT2D eigenvalue weighted by Gasteiger charge is 2.29. The summed E-state index contributed by atoms with van der Waals surface area (Å²) in [6.45, 7) is 5.37. The summed E-state index contributed by atoms with van der Waals surface area (Å²) in [6.07, 6.45) is 1.61. The molecule has 1 aromatic carbocycles. The van der Waals surface area contributed by atoms with Crippen LogP contribution in [0.1, 0.15) is 55.5 Å². The molecule has 150 valence electrons. The minimum Gasteiger partial charge on any atom is -0.449 e. The molecular weight excluding hydrogens is 360 g/mol. The number of hydrogen-bond acceptors (Lipinski definition) is 5. The molecule has 7 nitrogen and oxygen atoms in total. The Hall–Kier alpha value is -2.70. The third-order valence-corrected chi connectivity index (χ3v) is 5.41. The van der Waals surface area contributed by atoms with Crippen molar-refractivity contribution in [3.05, 3.63) is 35.4 Å². The number of benzene rings is 1. The van der Waals surface area contributed by atoms with Gasteiger partial charge in [-0.3, -0.25) is 19.3 Å². The molecule has 0 aromatic heterocycles. The predicted molar refractivity (Wildman–Crippen MR) is 101 cm³/mol. The van der Waals surface area contributed by atoms with Gasteiger partial charge >= 0.3 is 5.97 Å². The van der Waals surface area contributed by atoms with Crippen LogP contribution in [-0.4, -0.2) is 52.7 Å². The number of hydrogen-bond donors (Lipinski definition) is 0. The first-order valence-corrected chi connectivity index (χ1v) is 9.77. The molecule has 0 radical (unpaired) electrons. The molecule has 2 aliphatic rings. The maximum absolute atomic E-state index is 12.5. The summed E-state index contributed by atoms with van der Waals surface area (Å²) in [6, 6.07) is 6.55. The maximum Gasteiger partial charge on any atom is 0.338 e. The second kappa shape index (κ2) is 8.54. The highest BCUT2D eigenvalue weighted by molar-refractivity contribution is 6.01. The second-order valence-electron chi connectivity index (χ2n) is 7.63. The first-order chi connectivity index (χ1) is 13.3. The molecule has 3 rings (SSSR count). The van der Waals surface area contributed by atoms with Crippen LogP contribution >= 0.6 is 0 Å². The molecule has 0 bridgehead atoms. The van der Waals surface area contributed by atoms with E-state index in [-0.39, 0.29) is 37.1 Å². The molecule has 0 aliphatic carbocycles. The molecular formula is C21H26N2O5. The van der Waals surface area contributed by atoms with Gasteiger partial charge in [0.2, 0.25) is 11.8 Å². The largest absolute Gasteiger partial charge is 0.449 e. The Kier molecular flexibility index (Phi) is 6.11. The molecule has 1 aromatic rings. The van der Waals surface area contributed by atoms with Crippen LogP contribution in [0, 0.1) is 5.92 Å². The van der Waals surface area contributed by atoms with Crippen LogP contribution in [0.4, 0.5) is 0 Å². The van der Waals surface area contributed by atoms with E-state index in [1.165, 1.54) is 4.90 Å². The average molecular weight is 386 g/mol. The Morgan fingerprint density at radius 2 is 1.64 bits per heavy atom. The van der Waals surface area contributed by atoms with Crippen molar-refractivity contribution in [1.82, 2.24) is 9.80 Å². The molecule has 0 saturated carbocycles. The molecule has 3 amide bonds. The maximum atomic E-state index is 12.5. The minimum atomic E-state index is -0.833. The highest BCUT2D eigenvalue weighted by atomic mass is 16.5. The number of esters is 1. The van der Waals surface area contributed by atoms with Crippen LogP contribution in [0.25, 0.3) is 0 Å². The summed E-state index contributed by atoms with van der Waals surface area (Å²) in [5.41, 5.74) is 1.08. The normalized spacial score (nSPS) is 19.1. The molecule has 28 heavy (non-hydrogen) atoms. The monoisotopic (exact) mass is 386 g/mol. The van der Waals surface area contributed by atoms with E-state index >= 15 is 0 Å². The second-order valence-corrected chi connectivity index (χ2v) is 7.63. The van der Waals surface area contributed by atoms with Crippen LogP contribution in [0.2, 0.25) is 0 Å². The molecule has 0 spiro atoms. The van der Waals surface area contributed by atoms with Crippen LogP contribution in [0.15, 0.2) is 24.3 Å². The van der Waals surface area contributed by atoms with Crippen molar-refractivity contribution in [3.8, 4) is 0 Å². The Morgan fingerprint density at radius 1 is 1.07 bits per heavy atom. The van der Waals surface area contributed by atoms with Crippen molar-refractivity contribution in [2.24, 2.45) is 5.92 Å². The fourth-order valence-corrected chi connectivity index (χ4v) is 3.49. The highest BCUT2D eigenvalue weighted by Crippen LogP contribution is 2.19. The number of amides is 3. The summed E-state index contributed by atoms with van der Waals surface area (Å²) >= 11 is 0. The molecule has 0 unspecified atom stereocenters. The van der Waals surface area contributed by atoms with E-state index < -0.39 is 12.1 Å². The number of ether oxygens (including phenoxy) is 1. The fourth-order valence-electron chi connectivity index (χ4n) is 3.49. The minimum absolute atomic E-state index is 0.164. The van der Waals surface area contributed by atoms with E-state index in [4.69, 9.17) is 4.74 Å². The van der Waals surface area contributed by atoms with E-state index in [0.29, 0.717) is 24.6 Å². The quantitative estimate of drug-likeness (QED) is 0.572. The van der Waals surface area contributed by atoms with Gasteiger partial charge in [-0.05, 0) is 43.4 Å². The standard InChI is InChI=1S/C21H26N2O5/c1-14-9-11-22(12-10-14)20(26)15(2)28-21(27)17-5-3-16(4-6-17)13-23-18(24)7-8-19(23)25/h3-6,14-15H,7-13H2,1-2H3/t15-/m1/s1. The topological polar surface area (TPSA) is 84.0 Å². The Bertz CT molecular complexity index is 750. The predicted octanol–water partition coefficient (Wildman–Crippen LogP) is 2.14. The van der Waals surface area contributed by atoms with Crippen LogP contribution in [0.3, 0.4) is 0 Å². The van der Waals surface area contributed by atoms with Crippen molar-refractivity contribution in [2.45, 2.75) is 52.2 Å². The van der Waals surface area contributed by atoms with Gasteiger partial charge in [0.25, 0.3) is 5.91 Å². The summed E-state index contributed by atoms with van der Waals surface area (Å²) < 4.78 is 5.34. The fraction of sp³-hybridized carbons (Fsp3) is 0.524. The Labute approximate surface area is 164 Å². The lowest BCUT2D eigenvalue weighted by Crippen LogP contribution is -2.44.